The Kier molecular flexibility index (Phi) is 2.85. The Morgan fingerprint density at radius 2 is 2.22 bits per heavy atom. The fraction of sp³-hybridized carbons (Fsp3) is 0.0833. The maximum absolute atomic E-state index is 10.9. The van der Waals surface area contributed by atoms with Gasteiger partial charge in [-0.15, -0.1) is 0 Å². The SMILES string of the molecule is CC(=Cc1c[nH]c2ccc(C(=O)O)cc12)[N+](=O)[O-]. The summed E-state index contributed by atoms with van der Waals surface area (Å²) in [5.74, 6) is -1.03. The van der Waals surface area contributed by atoms with Gasteiger partial charge in [-0.3, -0.25) is 10.1 Å². The van der Waals surface area contributed by atoms with Gasteiger partial charge in [0.15, 0.2) is 0 Å². The number of allylic oxidation sites excluding steroid dienone is 1. The maximum atomic E-state index is 10.9. The van der Waals surface area contributed by atoms with E-state index in [4.69, 9.17) is 5.11 Å². The summed E-state index contributed by atoms with van der Waals surface area (Å²) >= 11 is 0. The van der Waals surface area contributed by atoms with Crippen molar-refractivity contribution in [3.8, 4) is 0 Å². The molecule has 2 aromatic rings. The average Bonchev–Trinajstić information content (AvgIpc) is 2.71. The van der Waals surface area contributed by atoms with Crippen molar-refractivity contribution >= 4 is 22.9 Å². The highest BCUT2D eigenvalue weighted by Gasteiger charge is 2.09. The number of hydrogen-bond acceptors (Lipinski definition) is 3. The number of carboxylic acid groups (broad SMARTS) is 1. The Morgan fingerprint density at radius 3 is 2.83 bits per heavy atom. The van der Waals surface area contributed by atoms with E-state index in [9.17, 15) is 14.9 Å². The van der Waals surface area contributed by atoms with Crippen LogP contribution in [0.1, 0.15) is 22.8 Å². The van der Waals surface area contributed by atoms with Crippen LogP contribution >= 0.6 is 0 Å². The summed E-state index contributed by atoms with van der Waals surface area (Å²) in [4.78, 5) is 23.9. The van der Waals surface area contributed by atoms with Gasteiger partial charge in [-0.05, 0) is 18.2 Å². The van der Waals surface area contributed by atoms with Gasteiger partial charge >= 0.3 is 5.97 Å². The molecule has 0 saturated carbocycles. The van der Waals surface area contributed by atoms with Crippen molar-refractivity contribution in [1.29, 1.82) is 0 Å². The van der Waals surface area contributed by atoms with Crippen molar-refractivity contribution in [1.82, 2.24) is 4.98 Å². The molecular formula is C12H10N2O4. The predicted molar refractivity (Wildman–Crippen MR) is 65.9 cm³/mol. The van der Waals surface area contributed by atoms with Gasteiger partial charge in [0.05, 0.1) is 10.5 Å². The molecule has 1 heterocycles. The molecule has 0 bridgehead atoms. The molecule has 2 rings (SSSR count). The van der Waals surface area contributed by atoms with E-state index in [1.54, 1.807) is 12.3 Å². The fourth-order valence-electron chi connectivity index (χ4n) is 1.67. The van der Waals surface area contributed by atoms with Crippen LogP contribution in [0, 0.1) is 10.1 Å². The van der Waals surface area contributed by atoms with Crippen molar-refractivity contribution in [3.63, 3.8) is 0 Å². The van der Waals surface area contributed by atoms with Crippen molar-refractivity contribution in [2.75, 3.05) is 0 Å². The number of aromatic amines is 1. The molecule has 0 aliphatic heterocycles. The number of benzene rings is 1. The van der Waals surface area contributed by atoms with Crippen LogP contribution in [0.5, 0.6) is 0 Å². The molecule has 0 fully saturated rings. The number of nitrogens with zero attached hydrogens (tertiary/aromatic N) is 1. The summed E-state index contributed by atoms with van der Waals surface area (Å²) < 4.78 is 0. The summed E-state index contributed by atoms with van der Waals surface area (Å²) in [5, 5.41) is 20.1. The summed E-state index contributed by atoms with van der Waals surface area (Å²) in [6, 6.07) is 4.61. The Morgan fingerprint density at radius 1 is 1.50 bits per heavy atom. The molecule has 6 nitrogen and oxygen atoms in total. The molecule has 1 aromatic heterocycles. The van der Waals surface area contributed by atoms with E-state index in [0.717, 1.165) is 5.52 Å². The molecular weight excluding hydrogens is 236 g/mol. The van der Waals surface area contributed by atoms with Crippen LogP contribution in [-0.2, 0) is 0 Å². The van der Waals surface area contributed by atoms with Crippen molar-refractivity contribution in [2.45, 2.75) is 6.92 Å². The largest absolute Gasteiger partial charge is 0.478 e. The lowest BCUT2D eigenvalue weighted by atomic mass is 10.1. The number of H-pyrrole nitrogens is 1. The molecule has 0 spiro atoms. The first-order valence-corrected chi connectivity index (χ1v) is 5.16. The lowest BCUT2D eigenvalue weighted by molar-refractivity contribution is -0.422. The third-order valence-electron chi connectivity index (χ3n) is 2.61. The van der Waals surface area contributed by atoms with Gasteiger partial charge in [0.1, 0.15) is 0 Å². The van der Waals surface area contributed by atoms with Crippen molar-refractivity contribution in [3.05, 3.63) is 51.3 Å². The lowest BCUT2D eigenvalue weighted by Gasteiger charge is -1.96. The summed E-state index contributed by atoms with van der Waals surface area (Å²) in [7, 11) is 0. The Bertz CT molecular complexity index is 670. The van der Waals surface area contributed by atoms with Crippen LogP contribution in [0.3, 0.4) is 0 Å². The Hall–Kier alpha value is -2.63. The van der Waals surface area contributed by atoms with Gasteiger partial charge in [-0.25, -0.2) is 4.79 Å². The molecule has 6 heteroatoms. The third kappa shape index (κ3) is 2.08. The van der Waals surface area contributed by atoms with E-state index in [1.165, 1.54) is 25.1 Å². The summed E-state index contributed by atoms with van der Waals surface area (Å²) in [6.45, 7) is 1.39. The fourth-order valence-corrected chi connectivity index (χ4v) is 1.67. The van der Waals surface area contributed by atoms with Gasteiger partial charge in [0, 0.05) is 35.7 Å². The summed E-state index contributed by atoms with van der Waals surface area (Å²) in [6.07, 6.45) is 3.02. The number of rotatable bonds is 3. The number of fused-ring (bicyclic) bond motifs is 1. The zero-order valence-corrected chi connectivity index (χ0v) is 9.51. The number of hydrogen-bond donors (Lipinski definition) is 2. The van der Waals surface area contributed by atoms with Gasteiger partial charge in [0.2, 0.25) is 5.70 Å². The molecule has 2 N–H and O–H groups in total. The maximum Gasteiger partial charge on any atom is 0.335 e. The first-order chi connectivity index (χ1) is 8.49. The van der Waals surface area contributed by atoms with E-state index < -0.39 is 10.9 Å². The van der Waals surface area contributed by atoms with E-state index in [0.29, 0.717) is 10.9 Å². The van der Waals surface area contributed by atoms with E-state index in [2.05, 4.69) is 4.98 Å². The first-order valence-electron chi connectivity index (χ1n) is 5.16. The van der Waals surface area contributed by atoms with Gasteiger partial charge < -0.3 is 10.1 Å². The third-order valence-corrected chi connectivity index (χ3v) is 2.61. The number of carboxylic acids is 1. The molecule has 92 valence electrons. The Balaban J connectivity index is 2.59. The minimum Gasteiger partial charge on any atom is -0.478 e. The number of nitro groups is 1. The molecule has 18 heavy (non-hydrogen) atoms. The minimum atomic E-state index is -1.03. The van der Waals surface area contributed by atoms with E-state index in [-0.39, 0.29) is 11.3 Å². The molecule has 0 aliphatic rings. The Labute approximate surface area is 102 Å². The highest BCUT2D eigenvalue weighted by atomic mass is 16.6. The molecule has 0 aliphatic carbocycles. The second kappa shape index (κ2) is 4.33. The molecule has 0 atom stereocenters. The topological polar surface area (TPSA) is 96.2 Å². The van der Waals surface area contributed by atoms with Crippen molar-refractivity contribution < 1.29 is 14.8 Å². The number of nitrogens with one attached hydrogen (secondary N) is 1. The molecule has 0 saturated heterocycles. The van der Waals surface area contributed by atoms with Crippen LogP contribution in [-0.4, -0.2) is 21.0 Å². The van der Waals surface area contributed by atoms with Crippen LogP contribution in [0.25, 0.3) is 17.0 Å². The predicted octanol–water partition coefficient (Wildman–Crippen LogP) is 2.50. The number of aromatic carboxylic acids is 1. The smallest absolute Gasteiger partial charge is 0.335 e. The van der Waals surface area contributed by atoms with Crippen LogP contribution in [0.15, 0.2) is 30.1 Å². The second-order valence-corrected chi connectivity index (χ2v) is 3.85. The first kappa shape index (κ1) is 11.8. The van der Waals surface area contributed by atoms with E-state index in [1.807, 2.05) is 0 Å². The number of carbonyl (C=O) groups is 1. The highest BCUT2D eigenvalue weighted by Crippen LogP contribution is 2.22. The van der Waals surface area contributed by atoms with Crippen LogP contribution in [0.2, 0.25) is 0 Å². The monoisotopic (exact) mass is 246 g/mol. The normalized spacial score (nSPS) is 11.7. The molecule has 0 amide bonds. The van der Waals surface area contributed by atoms with Gasteiger partial charge in [-0.2, -0.15) is 0 Å². The highest BCUT2D eigenvalue weighted by molar-refractivity contribution is 5.96. The zero-order chi connectivity index (χ0) is 13.3. The summed E-state index contributed by atoms with van der Waals surface area (Å²) in [5.41, 5.74) is 1.48. The molecule has 0 unspecified atom stereocenters. The van der Waals surface area contributed by atoms with Crippen molar-refractivity contribution in [2.24, 2.45) is 0 Å². The molecule has 1 aromatic carbocycles. The van der Waals surface area contributed by atoms with E-state index >= 15 is 0 Å². The van der Waals surface area contributed by atoms with Gasteiger partial charge in [-0.1, -0.05) is 0 Å². The van der Waals surface area contributed by atoms with Crippen LogP contribution < -0.4 is 0 Å². The van der Waals surface area contributed by atoms with Gasteiger partial charge in [0.25, 0.3) is 0 Å². The van der Waals surface area contributed by atoms with Crippen LogP contribution in [0.4, 0.5) is 0 Å². The standard InChI is InChI=1S/C12H10N2O4/c1-7(14(17)18)4-9-6-13-11-3-2-8(12(15)16)5-10(9)11/h2-6,13H,1H3,(H,15,16). The zero-order valence-electron chi connectivity index (χ0n) is 9.51. The second-order valence-electron chi connectivity index (χ2n) is 3.85. The lowest BCUT2D eigenvalue weighted by Crippen LogP contribution is -1.95. The minimum absolute atomic E-state index is 0.00312. The quantitative estimate of drug-likeness (QED) is 0.642. The number of aromatic nitrogens is 1. The average molecular weight is 246 g/mol. The molecule has 0 radical (unpaired) electrons.